The Hall–Kier alpha value is -0.810. The molecule has 1 rings (SSSR count). The third-order valence-electron chi connectivity index (χ3n) is 4.76. The summed E-state index contributed by atoms with van der Waals surface area (Å²) in [5.41, 5.74) is 5.68. The number of amides is 1. The van der Waals surface area contributed by atoms with Crippen LogP contribution in [-0.4, -0.2) is 61.3 Å². The minimum absolute atomic E-state index is 0.0332. The standard InChI is InChI=1S/C17H35N3O2/c1-16(2,3)22-15(21)20(6)12-10-17(4,13-18)14-9-7-8-11-19(14)5/h14H,7-13,18H2,1-6H3. The summed E-state index contributed by atoms with van der Waals surface area (Å²) in [6.07, 6.45) is 4.37. The molecule has 5 heteroatoms. The molecule has 0 aromatic heterocycles. The molecule has 1 heterocycles. The number of carbonyl (C=O) groups is 1. The summed E-state index contributed by atoms with van der Waals surface area (Å²) in [7, 11) is 3.99. The maximum absolute atomic E-state index is 12.1. The Bertz CT molecular complexity index is 367. The minimum Gasteiger partial charge on any atom is -0.444 e. The average Bonchev–Trinajstić information content (AvgIpc) is 2.43. The van der Waals surface area contributed by atoms with Gasteiger partial charge in [-0.1, -0.05) is 13.3 Å². The van der Waals surface area contributed by atoms with Gasteiger partial charge in [-0.25, -0.2) is 4.79 Å². The van der Waals surface area contributed by atoms with Crippen molar-refractivity contribution in [3.63, 3.8) is 0 Å². The number of hydrogen-bond acceptors (Lipinski definition) is 4. The summed E-state index contributed by atoms with van der Waals surface area (Å²) in [5, 5.41) is 0. The number of ether oxygens (including phenoxy) is 1. The van der Waals surface area contributed by atoms with Crippen LogP contribution in [0.15, 0.2) is 0 Å². The summed E-state index contributed by atoms with van der Waals surface area (Å²) in [6.45, 7) is 10.4. The Balaban J connectivity index is 2.60. The molecule has 2 atom stereocenters. The highest BCUT2D eigenvalue weighted by Crippen LogP contribution is 2.34. The lowest BCUT2D eigenvalue weighted by molar-refractivity contribution is 0.0216. The van der Waals surface area contributed by atoms with Crippen LogP contribution < -0.4 is 5.73 Å². The fraction of sp³-hybridized carbons (Fsp3) is 0.941. The molecule has 0 spiro atoms. The summed E-state index contributed by atoms with van der Waals surface area (Å²) < 4.78 is 5.41. The third-order valence-corrected chi connectivity index (χ3v) is 4.76. The van der Waals surface area contributed by atoms with Crippen LogP contribution in [0.4, 0.5) is 4.79 Å². The van der Waals surface area contributed by atoms with E-state index in [0.717, 1.165) is 13.0 Å². The predicted molar refractivity (Wildman–Crippen MR) is 90.9 cm³/mol. The molecule has 130 valence electrons. The molecular formula is C17H35N3O2. The molecule has 1 saturated heterocycles. The van der Waals surface area contributed by atoms with Gasteiger partial charge in [0.1, 0.15) is 5.60 Å². The molecule has 0 radical (unpaired) electrons. The molecule has 2 N–H and O–H groups in total. The summed E-state index contributed by atoms with van der Waals surface area (Å²) >= 11 is 0. The molecule has 1 aliphatic rings. The van der Waals surface area contributed by atoms with Gasteiger partial charge in [-0.15, -0.1) is 0 Å². The van der Waals surface area contributed by atoms with Gasteiger partial charge >= 0.3 is 6.09 Å². The van der Waals surface area contributed by atoms with E-state index in [1.54, 1.807) is 11.9 Å². The van der Waals surface area contributed by atoms with Gasteiger partial charge in [-0.05, 0) is 65.6 Å². The Morgan fingerprint density at radius 1 is 1.32 bits per heavy atom. The van der Waals surface area contributed by atoms with E-state index in [4.69, 9.17) is 10.5 Å². The van der Waals surface area contributed by atoms with Crippen molar-refractivity contribution in [3.05, 3.63) is 0 Å². The van der Waals surface area contributed by atoms with Crippen molar-refractivity contribution in [1.29, 1.82) is 0 Å². The number of rotatable bonds is 5. The van der Waals surface area contributed by atoms with Crippen LogP contribution >= 0.6 is 0 Å². The summed E-state index contributed by atoms with van der Waals surface area (Å²) in [4.78, 5) is 16.2. The largest absolute Gasteiger partial charge is 0.444 e. The van der Waals surface area contributed by atoms with Crippen LogP contribution in [0.5, 0.6) is 0 Å². The highest BCUT2D eigenvalue weighted by atomic mass is 16.6. The third kappa shape index (κ3) is 5.43. The molecule has 5 nitrogen and oxygen atoms in total. The first-order valence-corrected chi connectivity index (χ1v) is 8.43. The van der Waals surface area contributed by atoms with Crippen molar-refractivity contribution >= 4 is 6.09 Å². The first-order chi connectivity index (χ1) is 10.1. The Kier molecular flexibility index (Phi) is 6.68. The number of likely N-dealkylation sites (tertiary alicyclic amines) is 1. The Morgan fingerprint density at radius 2 is 1.95 bits per heavy atom. The van der Waals surface area contributed by atoms with E-state index in [2.05, 4.69) is 18.9 Å². The monoisotopic (exact) mass is 313 g/mol. The van der Waals surface area contributed by atoms with E-state index in [0.29, 0.717) is 19.1 Å². The van der Waals surface area contributed by atoms with E-state index in [1.165, 1.54) is 19.3 Å². The van der Waals surface area contributed by atoms with Gasteiger partial charge in [0.2, 0.25) is 0 Å². The SMILES string of the molecule is CN(CCC(C)(CN)C1CCCCN1C)C(=O)OC(C)(C)C. The predicted octanol–water partition coefficient (Wildman–Crippen LogP) is 2.69. The van der Waals surface area contributed by atoms with Crippen LogP contribution in [0, 0.1) is 5.41 Å². The van der Waals surface area contributed by atoms with Crippen molar-refractivity contribution in [2.45, 2.75) is 65.0 Å². The summed E-state index contributed by atoms with van der Waals surface area (Å²) in [6, 6.07) is 0.498. The van der Waals surface area contributed by atoms with E-state index in [-0.39, 0.29) is 11.5 Å². The van der Waals surface area contributed by atoms with Crippen molar-refractivity contribution in [1.82, 2.24) is 9.80 Å². The lowest BCUT2D eigenvalue weighted by Crippen LogP contribution is -2.52. The Morgan fingerprint density at radius 3 is 2.45 bits per heavy atom. The smallest absolute Gasteiger partial charge is 0.410 e. The maximum Gasteiger partial charge on any atom is 0.410 e. The summed E-state index contributed by atoms with van der Waals surface area (Å²) in [5.74, 6) is 0. The zero-order valence-corrected chi connectivity index (χ0v) is 15.3. The van der Waals surface area contributed by atoms with Crippen molar-refractivity contribution in [3.8, 4) is 0 Å². The lowest BCUT2D eigenvalue weighted by atomic mass is 9.75. The first kappa shape index (κ1) is 19.2. The van der Waals surface area contributed by atoms with E-state index < -0.39 is 5.60 Å². The van der Waals surface area contributed by atoms with Crippen LogP contribution in [0.1, 0.15) is 53.4 Å². The number of carbonyl (C=O) groups excluding carboxylic acids is 1. The second-order valence-electron chi connectivity index (χ2n) is 8.00. The number of piperidine rings is 1. The zero-order valence-electron chi connectivity index (χ0n) is 15.3. The van der Waals surface area contributed by atoms with Crippen LogP contribution in [0.2, 0.25) is 0 Å². The molecule has 1 fully saturated rings. The van der Waals surface area contributed by atoms with E-state index in [9.17, 15) is 4.79 Å². The van der Waals surface area contributed by atoms with E-state index in [1.807, 2.05) is 20.8 Å². The fourth-order valence-electron chi connectivity index (χ4n) is 3.21. The van der Waals surface area contributed by atoms with Gasteiger partial charge < -0.3 is 20.3 Å². The van der Waals surface area contributed by atoms with Crippen LogP contribution in [0.25, 0.3) is 0 Å². The topological polar surface area (TPSA) is 58.8 Å². The molecule has 22 heavy (non-hydrogen) atoms. The molecule has 0 bridgehead atoms. The molecule has 2 unspecified atom stereocenters. The number of hydrogen-bond donors (Lipinski definition) is 1. The average molecular weight is 313 g/mol. The molecule has 1 aliphatic heterocycles. The van der Waals surface area contributed by atoms with Crippen molar-refractivity contribution < 1.29 is 9.53 Å². The maximum atomic E-state index is 12.1. The molecule has 0 aliphatic carbocycles. The van der Waals surface area contributed by atoms with Gasteiger partial charge in [-0.3, -0.25) is 0 Å². The lowest BCUT2D eigenvalue weighted by Gasteiger charge is -2.45. The van der Waals surface area contributed by atoms with Gasteiger partial charge in [0, 0.05) is 19.6 Å². The van der Waals surface area contributed by atoms with Crippen LogP contribution in [0.3, 0.4) is 0 Å². The minimum atomic E-state index is -0.452. The Labute approximate surface area is 136 Å². The van der Waals surface area contributed by atoms with Crippen LogP contribution in [-0.2, 0) is 4.74 Å². The highest BCUT2D eigenvalue weighted by Gasteiger charge is 2.37. The second kappa shape index (κ2) is 7.64. The zero-order chi connectivity index (χ0) is 17.0. The molecule has 0 aromatic rings. The molecular weight excluding hydrogens is 278 g/mol. The normalized spacial score (nSPS) is 23.0. The molecule has 0 aromatic carbocycles. The number of nitrogens with zero attached hydrogens (tertiary/aromatic N) is 2. The number of nitrogens with two attached hydrogens (primary N) is 1. The second-order valence-corrected chi connectivity index (χ2v) is 8.00. The van der Waals surface area contributed by atoms with Gasteiger partial charge in [0.15, 0.2) is 0 Å². The van der Waals surface area contributed by atoms with Gasteiger partial charge in [-0.2, -0.15) is 0 Å². The van der Waals surface area contributed by atoms with Crippen molar-refractivity contribution in [2.75, 3.05) is 33.7 Å². The van der Waals surface area contributed by atoms with Gasteiger partial charge in [0.05, 0.1) is 0 Å². The first-order valence-electron chi connectivity index (χ1n) is 8.43. The molecule has 0 saturated carbocycles. The van der Waals surface area contributed by atoms with E-state index >= 15 is 0 Å². The molecule has 1 amide bonds. The highest BCUT2D eigenvalue weighted by molar-refractivity contribution is 5.67. The fourth-order valence-corrected chi connectivity index (χ4v) is 3.21. The quantitative estimate of drug-likeness (QED) is 0.848. The van der Waals surface area contributed by atoms with Gasteiger partial charge in [0.25, 0.3) is 0 Å². The van der Waals surface area contributed by atoms with Crippen molar-refractivity contribution in [2.24, 2.45) is 11.1 Å².